The summed E-state index contributed by atoms with van der Waals surface area (Å²) in [6.07, 6.45) is 0. The molecule has 0 amide bonds. The summed E-state index contributed by atoms with van der Waals surface area (Å²) in [4.78, 5) is 0. The fraction of sp³-hybridized carbons (Fsp3) is 0.0690. The molecule has 0 aliphatic rings. The smallest absolute Gasteiger partial charge is 0.123 e. The van der Waals surface area contributed by atoms with Crippen LogP contribution >= 0.6 is 7.26 Å². The van der Waals surface area contributed by atoms with Crippen molar-refractivity contribution in [3.05, 3.63) is 121 Å². The normalized spacial score (nSPS) is 11.1. The van der Waals surface area contributed by atoms with Gasteiger partial charge in [0.2, 0.25) is 0 Å². The molecule has 5 rings (SSSR count). The van der Waals surface area contributed by atoms with Crippen molar-refractivity contribution in [2.75, 3.05) is 6.66 Å². The molecule has 0 spiro atoms. The minimum Gasteiger partial charge on any atom is -1.00 e. The van der Waals surface area contributed by atoms with Crippen LogP contribution in [0.2, 0.25) is 0 Å². The highest BCUT2D eigenvalue weighted by molar-refractivity contribution is 7.95. The molecule has 5 aromatic rings. The maximum absolute atomic E-state index is 13.5. The fourth-order valence-electron chi connectivity index (χ4n) is 4.45. The molecule has 1 aromatic heterocycles. The monoisotopic (exact) mass is 486 g/mol. The van der Waals surface area contributed by atoms with Crippen molar-refractivity contribution in [1.29, 1.82) is 0 Å². The first-order valence-corrected chi connectivity index (χ1v) is 13.2. The Hall–Kier alpha value is -3.26. The minimum absolute atomic E-state index is 0. The molecule has 0 bridgehead atoms. The molecule has 0 fully saturated rings. The molecular weight excluding hydrogens is 462 g/mol. The number of aryl methyl sites for hydroxylation is 1. The van der Waals surface area contributed by atoms with E-state index in [-0.39, 0.29) is 18.2 Å². The van der Waals surface area contributed by atoms with Crippen LogP contribution in [0.1, 0.15) is 0 Å². The first kappa shape index (κ1) is 23.9. The molecule has 1 heterocycles. The van der Waals surface area contributed by atoms with Gasteiger partial charge in [-0.2, -0.15) is 5.10 Å². The van der Waals surface area contributed by atoms with Gasteiger partial charge in [-0.15, -0.1) is 0 Å². The lowest BCUT2D eigenvalue weighted by Gasteiger charge is -2.25. The Morgan fingerprint density at radius 2 is 1.24 bits per heavy atom. The Balaban J connectivity index is 0.00000274. The number of rotatable bonds is 5. The van der Waals surface area contributed by atoms with Crippen molar-refractivity contribution in [2.24, 2.45) is 7.05 Å². The number of halogens is 2. The third-order valence-electron chi connectivity index (χ3n) is 6.23. The van der Waals surface area contributed by atoms with Crippen LogP contribution in [0.3, 0.4) is 0 Å². The van der Waals surface area contributed by atoms with Crippen LogP contribution in [-0.2, 0) is 7.05 Å². The number of hydrogen-bond acceptors (Lipinski definition) is 1. The van der Waals surface area contributed by atoms with E-state index in [4.69, 9.17) is 5.10 Å². The first-order chi connectivity index (χ1) is 16.1. The zero-order valence-corrected chi connectivity index (χ0v) is 20.7. The van der Waals surface area contributed by atoms with Gasteiger partial charge in [0.05, 0.1) is 18.1 Å². The molecule has 34 heavy (non-hydrogen) atoms. The average Bonchev–Trinajstić information content (AvgIpc) is 3.26. The zero-order chi connectivity index (χ0) is 22.8. The maximum Gasteiger partial charge on any atom is 0.123 e. The van der Waals surface area contributed by atoms with Gasteiger partial charge in [0.1, 0.15) is 29.0 Å². The van der Waals surface area contributed by atoms with E-state index in [0.717, 1.165) is 22.5 Å². The van der Waals surface area contributed by atoms with Crippen LogP contribution in [-0.4, -0.2) is 16.4 Å². The minimum atomic E-state index is -1.91. The Morgan fingerprint density at radius 1 is 0.706 bits per heavy atom. The Kier molecular flexibility index (Phi) is 6.97. The second kappa shape index (κ2) is 9.93. The van der Waals surface area contributed by atoms with E-state index in [1.54, 1.807) is 12.1 Å². The van der Waals surface area contributed by atoms with Crippen molar-refractivity contribution in [1.82, 2.24) is 9.78 Å². The van der Waals surface area contributed by atoms with Gasteiger partial charge < -0.3 is 12.4 Å². The summed E-state index contributed by atoms with van der Waals surface area (Å²) < 4.78 is 15.3. The fourth-order valence-corrected chi connectivity index (χ4v) is 7.90. The van der Waals surface area contributed by atoms with Crippen LogP contribution in [0.25, 0.3) is 22.5 Å². The molecule has 0 unspecified atom stereocenters. The van der Waals surface area contributed by atoms with Crippen molar-refractivity contribution in [3.63, 3.8) is 0 Å². The van der Waals surface area contributed by atoms with Crippen molar-refractivity contribution in [2.45, 2.75) is 0 Å². The largest absolute Gasteiger partial charge is 1.00 e. The lowest BCUT2D eigenvalue weighted by molar-refractivity contribution is -0.00000715. The summed E-state index contributed by atoms with van der Waals surface area (Å²) in [6, 6.07) is 38.8. The van der Waals surface area contributed by atoms with Gasteiger partial charge in [-0.05, 0) is 72.3 Å². The molecule has 5 heteroatoms. The van der Waals surface area contributed by atoms with Crippen molar-refractivity contribution < 1.29 is 16.8 Å². The average molecular weight is 487 g/mol. The van der Waals surface area contributed by atoms with Crippen LogP contribution in [0.4, 0.5) is 4.39 Å². The van der Waals surface area contributed by atoms with Gasteiger partial charge in [-0.25, -0.2) is 4.39 Å². The maximum atomic E-state index is 13.5. The van der Waals surface area contributed by atoms with E-state index in [2.05, 4.69) is 97.7 Å². The van der Waals surface area contributed by atoms with Gasteiger partial charge in [-0.1, -0.05) is 48.5 Å². The van der Waals surface area contributed by atoms with E-state index in [0.29, 0.717) is 0 Å². The lowest BCUT2D eigenvalue weighted by Crippen LogP contribution is -3.00. The third kappa shape index (κ3) is 4.30. The van der Waals surface area contributed by atoms with Gasteiger partial charge in [0.25, 0.3) is 0 Å². The molecule has 0 saturated heterocycles. The van der Waals surface area contributed by atoms with Crippen LogP contribution in [0, 0.1) is 5.82 Å². The Morgan fingerprint density at radius 3 is 1.82 bits per heavy atom. The third-order valence-corrected chi connectivity index (χ3v) is 10.2. The van der Waals surface area contributed by atoms with E-state index >= 15 is 0 Å². The summed E-state index contributed by atoms with van der Waals surface area (Å²) in [7, 11) is 0.0253. The molecule has 0 N–H and O–H groups in total. The molecule has 4 aromatic carbocycles. The summed E-state index contributed by atoms with van der Waals surface area (Å²) >= 11 is 0. The molecular formula is C29H25ClFN2P. The van der Waals surface area contributed by atoms with E-state index in [1.807, 2.05) is 11.7 Å². The Bertz CT molecular complexity index is 1340. The second-order valence-electron chi connectivity index (χ2n) is 8.24. The number of nitrogens with zero attached hydrogens (tertiary/aromatic N) is 2. The molecule has 0 saturated carbocycles. The highest BCUT2D eigenvalue weighted by atomic mass is 35.5. The lowest BCUT2D eigenvalue weighted by atomic mass is 10.1. The summed E-state index contributed by atoms with van der Waals surface area (Å²) in [5.41, 5.74) is 3.95. The molecule has 0 aliphatic heterocycles. The van der Waals surface area contributed by atoms with E-state index < -0.39 is 7.26 Å². The van der Waals surface area contributed by atoms with Crippen molar-refractivity contribution in [3.8, 4) is 22.5 Å². The Labute approximate surface area is 206 Å². The molecule has 0 aliphatic carbocycles. The van der Waals surface area contributed by atoms with Gasteiger partial charge in [0.15, 0.2) is 0 Å². The molecule has 2 nitrogen and oxygen atoms in total. The first-order valence-electron chi connectivity index (χ1n) is 10.9. The summed E-state index contributed by atoms with van der Waals surface area (Å²) in [6.45, 7) is 2.39. The molecule has 170 valence electrons. The zero-order valence-electron chi connectivity index (χ0n) is 19.1. The van der Waals surface area contributed by atoms with Crippen LogP contribution in [0.5, 0.6) is 0 Å². The number of aromatic nitrogens is 2. The predicted molar refractivity (Wildman–Crippen MR) is 139 cm³/mol. The SMILES string of the molecule is Cn1nc(-c2ccccc2[P+](C)(c2ccccc2)c2ccccc2)cc1-c1ccc(F)cc1.[Cl-]. The van der Waals surface area contributed by atoms with E-state index in [1.165, 1.54) is 28.0 Å². The van der Waals surface area contributed by atoms with Crippen LogP contribution in [0.15, 0.2) is 115 Å². The van der Waals surface area contributed by atoms with Gasteiger partial charge in [0, 0.05) is 12.6 Å². The molecule has 0 atom stereocenters. The summed E-state index contributed by atoms with van der Waals surface area (Å²) in [5, 5.41) is 8.84. The standard InChI is InChI=1S/C29H25FN2P.ClH/c1-32-28(22-17-19-23(30)20-18-22)21-27(31-32)26-15-9-10-16-29(26)33(2,24-11-5-3-6-12-24)25-13-7-4-8-14-25;/h3-21H,1-2H3;1H/q+1;/p-1. The van der Waals surface area contributed by atoms with E-state index in [9.17, 15) is 4.39 Å². The quantitative estimate of drug-likeness (QED) is 0.349. The van der Waals surface area contributed by atoms with Crippen LogP contribution < -0.4 is 28.3 Å². The second-order valence-corrected chi connectivity index (χ2v) is 11.8. The number of hydrogen-bond donors (Lipinski definition) is 0. The van der Waals surface area contributed by atoms with Gasteiger partial charge >= 0.3 is 0 Å². The topological polar surface area (TPSA) is 17.8 Å². The highest BCUT2D eigenvalue weighted by Crippen LogP contribution is 2.53. The highest BCUT2D eigenvalue weighted by Gasteiger charge is 2.42. The molecule has 0 radical (unpaired) electrons. The summed E-state index contributed by atoms with van der Waals surface area (Å²) in [5.74, 6) is -0.238. The predicted octanol–water partition coefficient (Wildman–Crippen LogP) is 2.82. The number of benzene rings is 4. The van der Waals surface area contributed by atoms with Gasteiger partial charge in [-0.3, -0.25) is 4.68 Å². The van der Waals surface area contributed by atoms with Crippen molar-refractivity contribution >= 4 is 23.2 Å².